The molecule has 4 nitrogen and oxygen atoms in total. The average molecular weight is 200 g/mol. The topological polar surface area (TPSA) is 76.8 Å². The lowest BCUT2D eigenvalue weighted by molar-refractivity contribution is 0.439. The third kappa shape index (κ3) is 3.67. The lowest BCUT2D eigenvalue weighted by Gasteiger charge is -2.29. The van der Waals surface area contributed by atoms with Crippen molar-refractivity contribution in [3.8, 4) is 0 Å². The van der Waals surface area contributed by atoms with Crippen LogP contribution in [0.1, 0.15) is 20.3 Å². The summed E-state index contributed by atoms with van der Waals surface area (Å²) >= 11 is 1.88. The van der Waals surface area contributed by atoms with Crippen LogP contribution in [-0.2, 0) is 0 Å². The summed E-state index contributed by atoms with van der Waals surface area (Å²) in [6.07, 6.45) is 0.983. The maximum Gasteiger partial charge on any atom is 0.211 e. The number of rotatable bonds is 1. The van der Waals surface area contributed by atoms with E-state index < -0.39 is 0 Å². The van der Waals surface area contributed by atoms with Gasteiger partial charge in [0, 0.05) is 5.75 Å². The second-order valence-electron chi connectivity index (χ2n) is 4.02. The fourth-order valence-corrected chi connectivity index (χ4v) is 2.44. The van der Waals surface area contributed by atoms with Gasteiger partial charge in [-0.25, -0.2) is 0 Å². The Morgan fingerprint density at radius 3 is 2.69 bits per heavy atom. The summed E-state index contributed by atoms with van der Waals surface area (Å²) in [6.45, 7) is 4.45. The Morgan fingerprint density at radius 1 is 1.46 bits per heavy atom. The highest BCUT2D eigenvalue weighted by molar-refractivity contribution is 8.00. The second-order valence-corrected chi connectivity index (χ2v) is 5.01. The van der Waals surface area contributed by atoms with E-state index in [0.29, 0.717) is 5.41 Å². The zero-order valence-electron chi connectivity index (χ0n) is 8.08. The first-order chi connectivity index (χ1) is 5.99. The van der Waals surface area contributed by atoms with E-state index in [4.69, 9.17) is 11.5 Å². The third-order valence-corrected chi connectivity index (χ3v) is 3.27. The molecule has 1 heterocycles. The van der Waals surface area contributed by atoms with Crippen molar-refractivity contribution >= 4 is 23.4 Å². The van der Waals surface area contributed by atoms with E-state index in [1.165, 1.54) is 5.75 Å². The predicted molar refractivity (Wildman–Crippen MR) is 59.0 cm³/mol. The van der Waals surface area contributed by atoms with E-state index in [2.05, 4.69) is 24.1 Å². The van der Waals surface area contributed by atoms with Crippen molar-refractivity contribution in [1.82, 2.24) is 0 Å². The van der Waals surface area contributed by atoms with Gasteiger partial charge in [-0.15, -0.1) is 5.10 Å². The lowest BCUT2D eigenvalue weighted by Crippen LogP contribution is -2.27. The summed E-state index contributed by atoms with van der Waals surface area (Å²) in [4.78, 5) is 0. The van der Waals surface area contributed by atoms with Gasteiger partial charge >= 0.3 is 0 Å². The molecule has 0 atom stereocenters. The fourth-order valence-electron chi connectivity index (χ4n) is 1.29. The van der Waals surface area contributed by atoms with Crippen molar-refractivity contribution in [2.24, 2.45) is 27.1 Å². The summed E-state index contributed by atoms with van der Waals surface area (Å²) in [5, 5.41) is 7.67. The Labute approximate surface area is 82.9 Å². The minimum atomic E-state index is 0.0286. The smallest absolute Gasteiger partial charge is 0.211 e. The molecule has 0 unspecified atom stereocenters. The highest BCUT2D eigenvalue weighted by Gasteiger charge is 2.25. The monoisotopic (exact) mass is 200 g/mol. The first kappa shape index (κ1) is 10.4. The first-order valence-electron chi connectivity index (χ1n) is 4.22. The maximum absolute atomic E-state index is 5.19. The fraction of sp³-hybridized carbons (Fsp3) is 0.750. The summed E-state index contributed by atoms with van der Waals surface area (Å²) in [7, 11) is 0. The second kappa shape index (κ2) is 4.00. The van der Waals surface area contributed by atoms with Gasteiger partial charge in [-0.3, -0.25) is 0 Å². The molecule has 13 heavy (non-hydrogen) atoms. The van der Waals surface area contributed by atoms with Crippen LogP contribution in [0.15, 0.2) is 10.2 Å². The highest BCUT2D eigenvalue weighted by atomic mass is 32.2. The average Bonchev–Trinajstić information content (AvgIpc) is 1.99. The van der Waals surface area contributed by atoms with Crippen LogP contribution in [0.4, 0.5) is 0 Å². The largest absolute Gasteiger partial charge is 0.369 e. The van der Waals surface area contributed by atoms with Gasteiger partial charge < -0.3 is 11.5 Å². The Balaban J connectivity index is 2.62. The molecule has 0 aromatic carbocycles. The quantitative estimate of drug-likeness (QED) is 0.373. The van der Waals surface area contributed by atoms with Crippen LogP contribution in [-0.4, -0.2) is 23.2 Å². The summed E-state index contributed by atoms with van der Waals surface area (Å²) in [5.41, 5.74) is 11.8. The molecule has 0 bridgehead atoms. The van der Waals surface area contributed by atoms with Crippen molar-refractivity contribution in [3.05, 3.63) is 0 Å². The molecule has 1 rings (SSSR count). The van der Waals surface area contributed by atoms with Gasteiger partial charge in [0.05, 0.1) is 5.71 Å². The van der Waals surface area contributed by atoms with Gasteiger partial charge in [-0.05, 0) is 17.6 Å². The Kier molecular flexibility index (Phi) is 3.19. The van der Waals surface area contributed by atoms with Crippen LogP contribution in [0.5, 0.6) is 0 Å². The SMILES string of the molecule is CC1(C)CSC/C(=N/N=C(N)N)C1. The van der Waals surface area contributed by atoms with Gasteiger partial charge in [0.25, 0.3) is 0 Å². The molecule has 4 N–H and O–H groups in total. The predicted octanol–water partition coefficient (Wildman–Crippen LogP) is 0.779. The molecule has 1 saturated heterocycles. The van der Waals surface area contributed by atoms with E-state index in [9.17, 15) is 0 Å². The molecule has 0 amide bonds. The van der Waals surface area contributed by atoms with Gasteiger partial charge in [0.2, 0.25) is 5.96 Å². The van der Waals surface area contributed by atoms with Crippen molar-refractivity contribution < 1.29 is 0 Å². The van der Waals surface area contributed by atoms with Crippen molar-refractivity contribution in [2.75, 3.05) is 11.5 Å². The number of nitrogens with two attached hydrogens (primary N) is 2. The highest BCUT2D eigenvalue weighted by Crippen LogP contribution is 2.31. The number of guanidine groups is 1. The van der Waals surface area contributed by atoms with Crippen molar-refractivity contribution in [1.29, 1.82) is 0 Å². The number of nitrogens with zero attached hydrogens (tertiary/aromatic N) is 2. The van der Waals surface area contributed by atoms with Crippen LogP contribution in [0.2, 0.25) is 0 Å². The molecule has 0 saturated carbocycles. The van der Waals surface area contributed by atoms with E-state index >= 15 is 0 Å². The molecule has 1 aliphatic heterocycles. The number of hydrogen-bond acceptors (Lipinski definition) is 3. The third-order valence-electron chi connectivity index (χ3n) is 1.75. The van der Waals surface area contributed by atoms with Crippen molar-refractivity contribution in [2.45, 2.75) is 20.3 Å². The molecule has 74 valence electrons. The van der Waals surface area contributed by atoms with Crippen LogP contribution in [0.25, 0.3) is 0 Å². The Hall–Kier alpha value is -0.710. The Bertz CT molecular complexity index is 241. The molecule has 1 aliphatic rings. The van der Waals surface area contributed by atoms with E-state index in [0.717, 1.165) is 17.9 Å². The normalized spacial score (nSPS) is 24.3. The number of thioether (sulfide) groups is 1. The van der Waals surface area contributed by atoms with Crippen LogP contribution in [0, 0.1) is 5.41 Å². The van der Waals surface area contributed by atoms with Crippen LogP contribution in [0.3, 0.4) is 0 Å². The first-order valence-corrected chi connectivity index (χ1v) is 5.37. The molecule has 1 fully saturated rings. The molecular formula is C8H16N4S. The van der Waals surface area contributed by atoms with Gasteiger partial charge in [0.15, 0.2) is 0 Å². The minimum Gasteiger partial charge on any atom is -0.369 e. The van der Waals surface area contributed by atoms with Crippen molar-refractivity contribution in [3.63, 3.8) is 0 Å². The molecule has 5 heteroatoms. The number of hydrogen-bond donors (Lipinski definition) is 2. The Morgan fingerprint density at radius 2 is 2.15 bits per heavy atom. The molecule has 0 aromatic rings. The maximum atomic E-state index is 5.19. The van der Waals surface area contributed by atoms with Crippen LogP contribution < -0.4 is 11.5 Å². The molecule has 0 aliphatic carbocycles. The zero-order chi connectivity index (χ0) is 9.90. The van der Waals surface area contributed by atoms with E-state index in [1.54, 1.807) is 0 Å². The minimum absolute atomic E-state index is 0.0286. The molecule has 0 aromatic heterocycles. The van der Waals surface area contributed by atoms with Gasteiger partial charge in [-0.2, -0.15) is 16.9 Å². The summed E-state index contributed by atoms with van der Waals surface area (Å²) < 4.78 is 0. The molecular weight excluding hydrogens is 184 g/mol. The van der Waals surface area contributed by atoms with E-state index in [-0.39, 0.29) is 5.96 Å². The van der Waals surface area contributed by atoms with E-state index in [1.807, 2.05) is 11.8 Å². The molecule has 0 spiro atoms. The summed E-state index contributed by atoms with van der Waals surface area (Å²) in [5.74, 6) is 2.15. The lowest BCUT2D eigenvalue weighted by atomic mass is 9.89. The van der Waals surface area contributed by atoms with Crippen LogP contribution >= 0.6 is 11.8 Å². The zero-order valence-corrected chi connectivity index (χ0v) is 8.90. The summed E-state index contributed by atoms with van der Waals surface area (Å²) in [6, 6.07) is 0. The molecule has 0 radical (unpaired) electrons. The van der Waals surface area contributed by atoms with Gasteiger partial charge in [-0.1, -0.05) is 13.8 Å². The standard InChI is InChI=1S/C8H16N4S/c1-8(2)3-6(4-13-5-8)11-12-7(9)10/h3-5H2,1-2H3,(H4,9,10,12)/b11-6+. The van der Waals surface area contributed by atoms with Gasteiger partial charge in [0.1, 0.15) is 0 Å².